The molecule has 2 rings (SSSR count). The maximum Gasteiger partial charge on any atom is 0.511 e. The molecule has 3 atom stereocenters. The predicted octanol–water partition coefficient (Wildman–Crippen LogP) is 2.24. The van der Waals surface area contributed by atoms with E-state index in [0.29, 0.717) is 17.1 Å². The van der Waals surface area contributed by atoms with Gasteiger partial charge in [0.05, 0.1) is 0 Å². The van der Waals surface area contributed by atoms with E-state index in [-0.39, 0.29) is 0 Å². The highest BCUT2D eigenvalue weighted by Gasteiger charge is 2.63. The standard InChI is InChI=1S/C9H14F3NO2S/c10-9(11,12)16(14,15)13-7-5-3-1-2-4-6-8(7)13/h7-8H,1-6H2/t7-,8+,13?. The second kappa shape index (κ2) is 3.87. The summed E-state index contributed by atoms with van der Waals surface area (Å²) in [5, 5.41) is 0. The van der Waals surface area contributed by atoms with E-state index in [9.17, 15) is 21.6 Å². The highest BCUT2D eigenvalue weighted by Crippen LogP contribution is 2.45. The Balaban J connectivity index is 2.13. The molecule has 1 unspecified atom stereocenters. The van der Waals surface area contributed by atoms with Crippen LogP contribution in [0.2, 0.25) is 0 Å². The molecule has 3 nitrogen and oxygen atoms in total. The highest BCUT2D eigenvalue weighted by atomic mass is 32.2. The van der Waals surface area contributed by atoms with Crippen molar-refractivity contribution >= 4 is 10.0 Å². The first kappa shape index (κ1) is 12.2. The van der Waals surface area contributed by atoms with Gasteiger partial charge in [-0.1, -0.05) is 25.7 Å². The van der Waals surface area contributed by atoms with Crippen LogP contribution in [0.3, 0.4) is 0 Å². The Kier molecular flexibility index (Phi) is 2.94. The highest BCUT2D eigenvalue weighted by molar-refractivity contribution is 7.90. The molecule has 1 heterocycles. The van der Waals surface area contributed by atoms with Crippen LogP contribution < -0.4 is 0 Å². The molecule has 1 aliphatic heterocycles. The van der Waals surface area contributed by atoms with Crippen molar-refractivity contribution in [1.29, 1.82) is 0 Å². The lowest BCUT2D eigenvalue weighted by molar-refractivity contribution is -0.0469. The van der Waals surface area contributed by atoms with E-state index in [2.05, 4.69) is 0 Å². The van der Waals surface area contributed by atoms with Crippen molar-refractivity contribution in [2.75, 3.05) is 0 Å². The number of halogens is 3. The summed E-state index contributed by atoms with van der Waals surface area (Å²) >= 11 is 0. The lowest BCUT2D eigenvalue weighted by Crippen LogP contribution is -2.31. The summed E-state index contributed by atoms with van der Waals surface area (Å²) in [6.45, 7) is 0. The minimum atomic E-state index is -5.14. The van der Waals surface area contributed by atoms with Crippen LogP contribution >= 0.6 is 0 Å². The molecule has 0 spiro atoms. The van der Waals surface area contributed by atoms with Gasteiger partial charge in [-0.05, 0) is 12.8 Å². The van der Waals surface area contributed by atoms with Gasteiger partial charge in [0, 0.05) is 12.1 Å². The predicted molar refractivity (Wildman–Crippen MR) is 52.1 cm³/mol. The Hall–Kier alpha value is -0.300. The second-order valence-electron chi connectivity index (χ2n) is 4.41. The van der Waals surface area contributed by atoms with Crippen LogP contribution in [-0.4, -0.2) is 30.3 Å². The number of hydrogen-bond acceptors (Lipinski definition) is 2. The van der Waals surface area contributed by atoms with Gasteiger partial charge < -0.3 is 0 Å². The van der Waals surface area contributed by atoms with Gasteiger partial charge in [-0.25, -0.2) is 8.42 Å². The smallest absolute Gasteiger partial charge is 0.203 e. The Morgan fingerprint density at radius 1 is 0.938 bits per heavy atom. The van der Waals surface area contributed by atoms with Gasteiger partial charge in [0.2, 0.25) is 0 Å². The van der Waals surface area contributed by atoms with Gasteiger partial charge in [0.15, 0.2) is 0 Å². The van der Waals surface area contributed by atoms with Gasteiger partial charge in [-0.15, -0.1) is 0 Å². The topological polar surface area (TPSA) is 37.1 Å². The molecule has 2 aliphatic rings. The number of nitrogens with zero attached hydrogens (tertiary/aromatic N) is 1. The first-order valence-electron chi connectivity index (χ1n) is 5.45. The van der Waals surface area contributed by atoms with E-state index < -0.39 is 27.6 Å². The minimum Gasteiger partial charge on any atom is -0.203 e. The monoisotopic (exact) mass is 257 g/mol. The molecule has 0 aromatic heterocycles. The summed E-state index contributed by atoms with van der Waals surface area (Å²) in [5.74, 6) is 0. The molecule has 1 saturated heterocycles. The molecule has 7 heteroatoms. The number of alkyl halides is 3. The first-order chi connectivity index (χ1) is 7.36. The third-order valence-corrected chi connectivity index (χ3v) is 5.01. The van der Waals surface area contributed by atoms with E-state index in [4.69, 9.17) is 0 Å². The molecular weight excluding hydrogens is 243 g/mol. The normalized spacial score (nSPS) is 36.1. The van der Waals surface area contributed by atoms with Crippen molar-refractivity contribution in [2.24, 2.45) is 0 Å². The molecule has 2 fully saturated rings. The number of sulfonamides is 1. The van der Waals surface area contributed by atoms with E-state index in [1.807, 2.05) is 0 Å². The van der Waals surface area contributed by atoms with Crippen LogP contribution in [0.4, 0.5) is 13.2 Å². The molecule has 16 heavy (non-hydrogen) atoms. The van der Waals surface area contributed by atoms with Crippen molar-refractivity contribution in [3.63, 3.8) is 0 Å². The van der Waals surface area contributed by atoms with Crippen molar-refractivity contribution in [2.45, 2.75) is 56.1 Å². The molecule has 0 aromatic carbocycles. The van der Waals surface area contributed by atoms with Crippen molar-refractivity contribution in [3.8, 4) is 0 Å². The van der Waals surface area contributed by atoms with Gasteiger partial charge in [0.1, 0.15) is 0 Å². The lowest BCUT2D eigenvalue weighted by Gasteiger charge is -2.09. The van der Waals surface area contributed by atoms with E-state index in [1.165, 1.54) is 0 Å². The van der Waals surface area contributed by atoms with Crippen LogP contribution in [0.25, 0.3) is 0 Å². The summed E-state index contributed by atoms with van der Waals surface area (Å²) < 4.78 is 60.1. The van der Waals surface area contributed by atoms with Gasteiger partial charge in [0.25, 0.3) is 0 Å². The molecule has 0 aromatic rings. The van der Waals surface area contributed by atoms with Crippen LogP contribution in [0, 0.1) is 0 Å². The fourth-order valence-electron chi connectivity index (χ4n) is 2.49. The molecule has 0 amide bonds. The zero-order valence-corrected chi connectivity index (χ0v) is 9.52. The quantitative estimate of drug-likeness (QED) is 0.675. The summed E-state index contributed by atoms with van der Waals surface area (Å²) in [6.07, 6.45) is 4.77. The van der Waals surface area contributed by atoms with Crippen molar-refractivity contribution in [1.82, 2.24) is 4.31 Å². The number of hydrogen-bond donors (Lipinski definition) is 0. The molecule has 1 aliphatic carbocycles. The molecular formula is C9H14F3NO2S. The molecule has 0 bridgehead atoms. The third-order valence-electron chi connectivity index (χ3n) is 3.33. The van der Waals surface area contributed by atoms with Crippen molar-refractivity contribution in [3.05, 3.63) is 0 Å². The van der Waals surface area contributed by atoms with Crippen LogP contribution in [0.5, 0.6) is 0 Å². The van der Waals surface area contributed by atoms with Crippen molar-refractivity contribution < 1.29 is 21.6 Å². The zero-order valence-electron chi connectivity index (χ0n) is 8.70. The minimum absolute atomic E-state index is 0.396. The number of rotatable bonds is 1. The average Bonchev–Trinajstić information content (AvgIpc) is 2.75. The first-order valence-corrected chi connectivity index (χ1v) is 6.89. The summed E-state index contributed by atoms with van der Waals surface area (Å²) in [5.41, 5.74) is -5.14. The van der Waals surface area contributed by atoms with E-state index >= 15 is 0 Å². The second-order valence-corrected chi connectivity index (χ2v) is 6.24. The number of fused-ring (bicyclic) bond motifs is 1. The largest absolute Gasteiger partial charge is 0.511 e. The Morgan fingerprint density at radius 2 is 1.38 bits per heavy atom. The Morgan fingerprint density at radius 3 is 1.75 bits per heavy atom. The average molecular weight is 257 g/mol. The zero-order chi connectivity index (χ0) is 12.0. The Bertz CT molecular complexity index is 351. The van der Waals surface area contributed by atoms with E-state index in [0.717, 1.165) is 25.7 Å². The van der Waals surface area contributed by atoms with Crippen LogP contribution in [0.15, 0.2) is 0 Å². The lowest BCUT2D eigenvalue weighted by atomic mass is 10.0. The van der Waals surface area contributed by atoms with Gasteiger partial charge >= 0.3 is 15.5 Å². The van der Waals surface area contributed by atoms with Gasteiger partial charge in [-0.2, -0.15) is 17.5 Å². The fourth-order valence-corrected chi connectivity index (χ4v) is 3.87. The maximum absolute atomic E-state index is 12.3. The van der Waals surface area contributed by atoms with Gasteiger partial charge in [-0.3, -0.25) is 0 Å². The molecule has 1 saturated carbocycles. The van der Waals surface area contributed by atoms with E-state index in [1.54, 1.807) is 0 Å². The summed E-state index contributed by atoms with van der Waals surface area (Å²) in [7, 11) is -5.08. The molecule has 94 valence electrons. The van der Waals surface area contributed by atoms with Crippen LogP contribution in [-0.2, 0) is 10.0 Å². The Labute approximate surface area is 92.7 Å². The molecule has 0 radical (unpaired) electrons. The maximum atomic E-state index is 12.3. The summed E-state index contributed by atoms with van der Waals surface area (Å²) in [4.78, 5) is 0. The van der Waals surface area contributed by atoms with Crippen LogP contribution in [0.1, 0.15) is 38.5 Å². The summed E-state index contributed by atoms with van der Waals surface area (Å²) in [6, 6.07) is -0.793. The SMILES string of the molecule is O=S(=O)(N1[C@@H]2CCCCCC[C@@H]21)C(F)(F)F. The fraction of sp³-hybridized carbons (Fsp3) is 1.00. The third kappa shape index (κ3) is 1.95. The molecule has 0 N–H and O–H groups in total.